The summed E-state index contributed by atoms with van der Waals surface area (Å²) in [6, 6.07) is 9.86. The van der Waals surface area contributed by atoms with Gasteiger partial charge in [0.25, 0.3) is 10.0 Å². The van der Waals surface area contributed by atoms with E-state index in [-0.39, 0.29) is 23.8 Å². The van der Waals surface area contributed by atoms with Crippen molar-refractivity contribution in [2.45, 2.75) is 83.6 Å². The Kier molecular flexibility index (Phi) is 6.40. The summed E-state index contributed by atoms with van der Waals surface area (Å²) in [7, 11) is -3.81. The Morgan fingerprint density at radius 3 is 2.15 bits per heavy atom. The molecule has 0 fully saturated rings. The number of sulfonamides is 1. The van der Waals surface area contributed by atoms with E-state index in [4.69, 9.17) is 0 Å². The summed E-state index contributed by atoms with van der Waals surface area (Å²) in [4.78, 5) is 12.1. The van der Waals surface area contributed by atoms with Gasteiger partial charge < -0.3 is 5.32 Å². The Hall–Kier alpha value is -2.60. The van der Waals surface area contributed by atoms with Gasteiger partial charge in [-0.05, 0) is 57.7 Å². The molecule has 6 heteroatoms. The molecule has 0 spiro atoms. The monoisotopic (exact) mass is 480 g/mol. The van der Waals surface area contributed by atoms with E-state index in [0.717, 1.165) is 32.8 Å². The van der Waals surface area contributed by atoms with Gasteiger partial charge in [0.2, 0.25) is 5.91 Å². The van der Waals surface area contributed by atoms with E-state index in [2.05, 4.69) is 59.0 Å². The molecule has 0 radical (unpaired) electrons. The molecule has 0 saturated carbocycles. The van der Waals surface area contributed by atoms with Crippen LogP contribution in [-0.2, 0) is 14.8 Å². The first-order valence-corrected chi connectivity index (χ1v) is 13.7. The van der Waals surface area contributed by atoms with Crippen LogP contribution in [0.5, 0.6) is 0 Å². The smallest absolute Gasteiger partial charge is 0.265 e. The first kappa shape index (κ1) is 24.5. The molecule has 1 aliphatic heterocycles. The van der Waals surface area contributed by atoms with Gasteiger partial charge in [0.05, 0.1) is 23.2 Å². The second kappa shape index (κ2) is 8.88. The van der Waals surface area contributed by atoms with E-state index in [1.165, 1.54) is 12.5 Å². The SMILES string of the molecule is CC(=O)NC1C=c2cccc3c2=C(C1)CN3S(=O)(=O)c1c(C(C)C)cc(C(C)C)cc1C(C)C. The summed E-state index contributed by atoms with van der Waals surface area (Å²) >= 11 is 0. The van der Waals surface area contributed by atoms with Crippen LogP contribution in [0.25, 0.3) is 11.6 Å². The Morgan fingerprint density at radius 2 is 1.62 bits per heavy atom. The molecule has 1 heterocycles. The minimum Gasteiger partial charge on any atom is -0.350 e. The van der Waals surface area contributed by atoms with Gasteiger partial charge in [0.15, 0.2) is 0 Å². The van der Waals surface area contributed by atoms with E-state index in [0.29, 0.717) is 23.8 Å². The second-order valence-corrected chi connectivity index (χ2v) is 12.3. The highest BCUT2D eigenvalue weighted by atomic mass is 32.2. The molecule has 0 saturated heterocycles. The number of hydrogen-bond donors (Lipinski definition) is 1. The number of carbonyl (C=O) groups excluding carboxylic acids is 1. The van der Waals surface area contributed by atoms with Crippen LogP contribution in [0.2, 0.25) is 0 Å². The van der Waals surface area contributed by atoms with Crippen molar-refractivity contribution in [1.82, 2.24) is 5.32 Å². The number of carbonyl (C=O) groups is 1. The van der Waals surface area contributed by atoms with Gasteiger partial charge in [-0.3, -0.25) is 9.10 Å². The van der Waals surface area contributed by atoms with Gasteiger partial charge >= 0.3 is 0 Å². The largest absolute Gasteiger partial charge is 0.350 e. The van der Waals surface area contributed by atoms with Crippen LogP contribution >= 0.6 is 0 Å². The number of amides is 1. The third kappa shape index (κ3) is 4.17. The standard InChI is InChI=1S/C28H36N2O3S/c1-16(2)21-13-24(17(3)4)28(25(14-21)18(5)6)34(32,33)30-15-22-12-23(29-19(7)31)11-20-9-8-10-26(30)27(20)22/h8-11,13-14,16-18,23H,12,15H2,1-7H3,(H,29,31). The minimum atomic E-state index is -3.81. The predicted molar refractivity (Wildman–Crippen MR) is 139 cm³/mol. The van der Waals surface area contributed by atoms with Crippen molar-refractivity contribution >= 4 is 33.3 Å². The van der Waals surface area contributed by atoms with Crippen LogP contribution in [0.15, 0.2) is 35.2 Å². The van der Waals surface area contributed by atoms with E-state index < -0.39 is 10.0 Å². The fourth-order valence-electron chi connectivity index (χ4n) is 5.20. The molecule has 4 rings (SSSR count). The van der Waals surface area contributed by atoms with Crippen molar-refractivity contribution in [3.05, 3.63) is 57.5 Å². The predicted octanol–water partition coefficient (Wildman–Crippen LogP) is 4.11. The van der Waals surface area contributed by atoms with E-state index in [9.17, 15) is 13.2 Å². The molecule has 1 amide bonds. The molecule has 0 bridgehead atoms. The molecule has 5 nitrogen and oxygen atoms in total. The summed E-state index contributed by atoms with van der Waals surface area (Å²) in [6.07, 6.45) is 2.66. The highest BCUT2D eigenvalue weighted by Crippen LogP contribution is 2.38. The maximum absolute atomic E-state index is 14.4. The van der Waals surface area contributed by atoms with Crippen LogP contribution in [-0.4, -0.2) is 26.9 Å². The van der Waals surface area contributed by atoms with Gasteiger partial charge in [0, 0.05) is 12.1 Å². The summed E-state index contributed by atoms with van der Waals surface area (Å²) in [5.41, 5.74) is 4.75. The number of nitrogens with one attached hydrogen (secondary N) is 1. The number of rotatable bonds is 6. The van der Waals surface area contributed by atoms with Crippen LogP contribution < -0.4 is 20.1 Å². The topological polar surface area (TPSA) is 66.5 Å². The first-order valence-electron chi connectivity index (χ1n) is 12.2. The zero-order valence-electron chi connectivity index (χ0n) is 21.3. The zero-order valence-corrected chi connectivity index (χ0v) is 22.1. The van der Waals surface area contributed by atoms with Crippen LogP contribution in [0.1, 0.15) is 89.3 Å². The molecular weight excluding hydrogens is 444 g/mol. The van der Waals surface area contributed by atoms with Crippen LogP contribution in [0, 0.1) is 0 Å². The van der Waals surface area contributed by atoms with Crippen molar-refractivity contribution in [1.29, 1.82) is 0 Å². The van der Waals surface area contributed by atoms with Crippen molar-refractivity contribution in [2.24, 2.45) is 0 Å². The number of hydrogen-bond acceptors (Lipinski definition) is 3. The third-order valence-electron chi connectivity index (χ3n) is 6.89. The molecule has 2 aromatic rings. The summed E-state index contributed by atoms with van der Waals surface area (Å²) < 4.78 is 30.4. The lowest BCUT2D eigenvalue weighted by Gasteiger charge is -2.27. The van der Waals surface area contributed by atoms with Crippen molar-refractivity contribution in [3.8, 4) is 0 Å². The zero-order chi connectivity index (χ0) is 24.9. The highest BCUT2D eigenvalue weighted by molar-refractivity contribution is 7.93. The molecule has 2 aromatic carbocycles. The lowest BCUT2D eigenvalue weighted by atomic mass is 9.89. The summed E-state index contributed by atoms with van der Waals surface area (Å²) in [6.45, 7) is 14.4. The second-order valence-electron chi connectivity index (χ2n) is 10.5. The van der Waals surface area contributed by atoms with Crippen LogP contribution in [0.4, 0.5) is 5.69 Å². The summed E-state index contributed by atoms with van der Waals surface area (Å²) in [5, 5.41) is 4.97. The van der Waals surface area contributed by atoms with Gasteiger partial charge in [-0.15, -0.1) is 0 Å². The molecule has 1 aliphatic carbocycles. The van der Waals surface area contributed by atoms with Crippen molar-refractivity contribution < 1.29 is 13.2 Å². The van der Waals surface area contributed by atoms with Crippen molar-refractivity contribution in [3.63, 3.8) is 0 Å². The Bertz CT molecular complexity index is 1340. The number of nitrogens with zero attached hydrogens (tertiary/aromatic N) is 1. The quantitative estimate of drug-likeness (QED) is 0.677. The highest BCUT2D eigenvalue weighted by Gasteiger charge is 2.37. The van der Waals surface area contributed by atoms with Crippen molar-refractivity contribution in [2.75, 3.05) is 10.8 Å². The van der Waals surface area contributed by atoms with E-state index in [1.807, 2.05) is 24.3 Å². The maximum atomic E-state index is 14.4. The number of benzene rings is 2. The molecule has 34 heavy (non-hydrogen) atoms. The average Bonchev–Trinajstić information content (AvgIpc) is 3.13. The molecule has 0 aromatic heterocycles. The third-order valence-corrected chi connectivity index (χ3v) is 8.79. The van der Waals surface area contributed by atoms with Gasteiger partial charge in [-0.2, -0.15) is 0 Å². The van der Waals surface area contributed by atoms with Gasteiger partial charge in [0.1, 0.15) is 0 Å². The van der Waals surface area contributed by atoms with E-state index in [1.54, 1.807) is 4.31 Å². The van der Waals surface area contributed by atoms with Gasteiger partial charge in [-0.25, -0.2) is 8.42 Å². The summed E-state index contributed by atoms with van der Waals surface area (Å²) in [5.74, 6) is 0.381. The normalized spacial score (nSPS) is 17.4. The molecule has 1 atom stereocenters. The molecular formula is C28H36N2O3S. The Balaban J connectivity index is 1.89. The Morgan fingerprint density at radius 1 is 1.00 bits per heavy atom. The molecule has 1 unspecified atom stereocenters. The first-order chi connectivity index (χ1) is 15.9. The molecule has 2 aliphatic rings. The fraction of sp³-hybridized carbons (Fsp3) is 0.464. The minimum absolute atomic E-state index is 0.0750. The lowest BCUT2D eigenvalue weighted by Crippen LogP contribution is -2.40. The lowest BCUT2D eigenvalue weighted by molar-refractivity contribution is -0.119. The van der Waals surface area contributed by atoms with Crippen LogP contribution in [0.3, 0.4) is 0 Å². The van der Waals surface area contributed by atoms with Gasteiger partial charge in [-0.1, -0.05) is 71.9 Å². The van der Waals surface area contributed by atoms with E-state index >= 15 is 0 Å². The number of anilines is 1. The average molecular weight is 481 g/mol. The molecule has 1 N–H and O–H groups in total. The Labute approximate surface area is 203 Å². The fourth-order valence-corrected chi connectivity index (χ4v) is 7.34. The maximum Gasteiger partial charge on any atom is 0.265 e. The molecule has 182 valence electrons.